The number of fused-ring (bicyclic) bond motifs is 2. The van der Waals surface area contributed by atoms with Crippen molar-refractivity contribution in [2.45, 2.75) is 51.2 Å². The maximum atomic E-state index is 11.4. The monoisotopic (exact) mass is 301 g/mol. The topological polar surface area (TPSA) is 66.2 Å². The number of hydrogen-bond donors (Lipinski definition) is 0. The third-order valence-corrected chi connectivity index (χ3v) is 4.72. The summed E-state index contributed by atoms with van der Waals surface area (Å²) in [6, 6.07) is 2.07. The van der Waals surface area contributed by atoms with E-state index in [1.807, 2.05) is 33.0 Å². The molecule has 0 bridgehead atoms. The van der Waals surface area contributed by atoms with Gasteiger partial charge in [0.25, 0.3) is 0 Å². The van der Waals surface area contributed by atoms with Gasteiger partial charge in [0.05, 0.1) is 17.8 Å². The van der Waals surface area contributed by atoms with Crippen molar-refractivity contribution in [2.24, 2.45) is 5.92 Å². The van der Waals surface area contributed by atoms with Crippen molar-refractivity contribution >= 4 is 17.3 Å². The highest BCUT2D eigenvalue weighted by Gasteiger charge is 2.54. The summed E-state index contributed by atoms with van der Waals surface area (Å²) in [6.45, 7) is 5.76. The van der Waals surface area contributed by atoms with Crippen LogP contribution < -0.4 is 0 Å². The van der Waals surface area contributed by atoms with Crippen LogP contribution in [0.25, 0.3) is 11.0 Å². The minimum absolute atomic E-state index is 0.0498. The molecule has 116 valence electrons. The van der Waals surface area contributed by atoms with Crippen molar-refractivity contribution in [3.8, 4) is 0 Å². The Morgan fingerprint density at radius 2 is 2.09 bits per heavy atom. The van der Waals surface area contributed by atoms with Crippen LogP contribution in [0.15, 0.2) is 18.6 Å². The van der Waals surface area contributed by atoms with E-state index in [0.717, 1.165) is 23.0 Å². The maximum Gasteiger partial charge on any atom is 0.163 e. The zero-order chi connectivity index (χ0) is 15.5. The number of carbonyl (C=O) groups excluding carboxylic acids is 1. The van der Waals surface area contributed by atoms with Crippen molar-refractivity contribution in [2.75, 3.05) is 0 Å². The lowest BCUT2D eigenvalue weighted by Crippen LogP contribution is -2.27. The molecule has 0 N–H and O–H groups in total. The lowest BCUT2D eigenvalue weighted by atomic mass is 10.1. The number of aryl methyl sites for hydroxylation is 1. The van der Waals surface area contributed by atoms with Crippen molar-refractivity contribution in [1.82, 2.24) is 14.5 Å². The summed E-state index contributed by atoms with van der Waals surface area (Å²) >= 11 is 0. The van der Waals surface area contributed by atoms with Gasteiger partial charge in [-0.25, -0.2) is 9.97 Å². The van der Waals surface area contributed by atoms with Gasteiger partial charge in [0.2, 0.25) is 0 Å². The molecule has 2 fully saturated rings. The molecular weight excluding hydrogens is 282 g/mol. The molecule has 22 heavy (non-hydrogen) atoms. The Morgan fingerprint density at radius 1 is 1.32 bits per heavy atom. The number of carbonyl (C=O) groups is 1. The van der Waals surface area contributed by atoms with Crippen LogP contribution in [0.4, 0.5) is 0 Å². The molecule has 0 spiro atoms. The Hall–Kier alpha value is -1.79. The Bertz CT molecular complexity index is 739. The Morgan fingerprint density at radius 3 is 2.86 bits per heavy atom. The molecule has 1 saturated heterocycles. The van der Waals surface area contributed by atoms with Gasteiger partial charge in [-0.3, -0.25) is 0 Å². The normalized spacial score (nSPS) is 33.2. The second-order valence-corrected chi connectivity index (χ2v) is 6.59. The molecule has 1 aliphatic heterocycles. The van der Waals surface area contributed by atoms with Crippen LogP contribution in [-0.2, 0) is 14.3 Å². The van der Waals surface area contributed by atoms with Gasteiger partial charge in [0.15, 0.2) is 5.79 Å². The molecule has 2 aromatic heterocycles. The molecule has 0 aromatic carbocycles. The summed E-state index contributed by atoms with van der Waals surface area (Å²) in [5.74, 6) is -0.791. The van der Waals surface area contributed by atoms with E-state index < -0.39 is 5.79 Å². The maximum absolute atomic E-state index is 11.4. The Balaban J connectivity index is 1.78. The van der Waals surface area contributed by atoms with Crippen LogP contribution in [0.2, 0.25) is 0 Å². The van der Waals surface area contributed by atoms with Gasteiger partial charge in [-0.1, -0.05) is 0 Å². The number of nitrogens with zero attached hydrogens (tertiary/aromatic N) is 3. The van der Waals surface area contributed by atoms with Crippen molar-refractivity contribution in [1.29, 1.82) is 0 Å². The summed E-state index contributed by atoms with van der Waals surface area (Å²) in [6.07, 6.45) is 4.98. The third kappa shape index (κ3) is 1.90. The molecule has 2 aromatic rings. The van der Waals surface area contributed by atoms with Crippen molar-refractivity contribution < 1.29 is 14.3 Å². The largest absolute Gasteiger partial charge is 0.344 e. The summed E-state index contributed by atoms with van der Waals surface area (Å²) in [5, 5.41) is 1.03. The van der Waals surface area contributed by atoms with E-state index >= 15 is 0 Å². The summed E-state index contributed by atoms with van der Waals surface area (Å²) in [4.78, 5) is 20.1. The van der Waals surface area contributed by atoms with Crippen LogP contribution >= 0.6 is 0 Å². The average Bonchev–Trinajstić information content (AvgIpc) is 3.10. The van der Waals surface area contributed by atoms with Gasteiger partial charge >= 0.3 is 0 Å². The minimum atomic E-state index is -0.650. The molecule has 0 unspecified atom stereocenters. The molecule has 3 heterocycles. The molecule has 0 radical (unpaired) electrons. The van der Waals surface area contributed by atoms with Gasteiger partial charge in [-0.2, -0.15) is 0 Å². The number of hydrogen-bond acceptors (Lipinski definition) is 5. The molecule has 4 rings (SSSR count). The fourth-order valence-corrected chi connectivity index (χ4v) is 3.76. The van der Waals surface area contributed by atoms with Crippen molar-refractivity contribution in [3.05, 3.63) is 24.3 Å². The van der Waals surface area contributed by atoms with Crippen LogP contribution in [0, 0.1) is 12.8 Å². The van der Waals surface area contributed by atoms with E-state index in [1.165, 1.54) is 0 Å². The predicted octanol–water partition coefficient (Wildman–Crippen LogP) is 2.02. The van der Waals surface area contributed by atoms with E-state index in [1.54, 1.807) is 6.33 Å². The van der Waals surface area contributed by atoms with Gasteiger partial charge in [-0.15, -0.1) is 0 Å². The highest BCUT2D eigenvalue weighted by molar-refractivity contribution is 5.78. The van der Waals surface area contributed by atoms with Crippen LogP contribution in [0.5, 0.6) is 0 Å². The molecule has 1 saturated carbocycles. The zero-order valence-corrected chi connectivity index (χ0v) is 12.9. The standard InChI is InChI=1S/C16H19N3O3/c1-9-11-4-5-19(15(11)18-8-17-9)12-6-10(7-20)13-14(12)22-16(2,3)21-13/h4-5,7-8,10,12-14H,6H2,1-3H3/t10-,12-,13-,14+/m1/s1. The number of ether oxygens (including phenoxy) is 2. The van der Waals surface area contributed by atoms with E-state index in [-0.39, 0.29) is 24.2 Å². The Labute approximate surface area is 128 Å². The smallest absolute Gasteiger partial charge is 0.163 e. The fourth-order valence-electron chi connectivity index (χ4n) is 3.76. The zero-order valence-electron chi connectivity index (χ0n) is 12.9. The van der Waals surface area contributed by atoms with E-state index in [9.17, 15) is 4.79 Å². The summed E-state index contributed by atoms with van der Waals surface area (Å²) in [5.41, 5.74) is 1.84. The molecule has 0 amide bonds. The number of aromatic nitrogens is 3. The third-order valence-electron chi connectivity index (χ3n) is 4.72. The van der Waals surface area contributed by atoms with Crippen LogP contribution in [0.3, 0.4) is 0 Å². The second-order valence-electron chi connectivity index (χ2n) is 6.59. The SMILES string of the molecule is Cc1ncnc2c1ccn2[C@@H]1C[C@H](C=O)[C@H]2OC(C)(C)O[C@H]21. The fraction of sp³-hybridized carbons (Fsp3) is 0.562. The number of rotatable bonds is 2. The highest BCUT2D eigenvalue weighted by Crippen LogP contribution is 2.46. The van der Waals surface area contributed by atoms with Gasteiger partial charge in [0.1, 0.15) is 24.4 Å². The van der Waals surface area contributed by atoms with E-state index in [2.05, 4.69) is 14.5 Å². The minimum Gasteiger partial charge on any atom is -0.344 e. The van der Waals surface area contributed by atoms with Crippen molar-refractivity contribution in [3.63, 3.8) is 0 Å². The van der Waals surface area contributed by atoms with Gasteiger partial charge < -0.3 is 18.8 Å². The first-order chi connectivity index (χ1) is 10.5. The van der Waals surface area contributed by atoms with E-state index in [0.29, 0.717) is 6.42 Å². The quantitative estimate of drug-likeness (QED) is 0.794. The molecule has 1 aliphatic carbocycles. The van der Waals surface area contributed by atoms with E-state index in [4.69, 9.17) is 9.47 Å². The first-order valence-corrected chi connectivity index (χ1v) is 7.59. The first kappa shape index (κ1) is 13.8. The molecule has 2 aliphatic rings. The average molecular weight is 301 g/mol. The van der Waals surface area contributed by atoms with Gasteiger partial charge in [0, 0.05) is 17.5 Å². The Kier molecular flexibility index (Phi) is 2.90. The molecular formula is C16H19N3O3. The molecule has 4 atom stereocenters. The molecule has 6 heteroatoms. The number of aldehydes is 1. The predicted molar refractivity (Wildman–Crippen MR) is 79.3 cm³/mol. The second kappa shape index (κ2) is 4.60. The first-order valence-electron chi connectivity index (χ1n) is 7.59. The lowest BCUT2D eigenvalue weighted by Gasteiger charge is -2.23. The summed E-state index contributed by atoms with van der Waals surface area (Å²) in [7, 11) is 0. The van der Waals surface area contributed by atoms with Gasteiger partial charge in [-0.05, 0) is 33.3 Å². The van der Waals surface area contributed by atoms with Crippen LogP contribution in [0.1, 0.15) is 32.0 Å². The summed E-state index contributed by atoms with van der Waals surface area (Å²) < 4.78 is 14.1. The van der Waals surface area contributed by atoms with Crippen LogP contribution in [-0.4, -0.2) is 38.8 Å². The molecule has 6 nitrogen and oxygen atoms in total. The highest BCUT2D eigenvalue weighted by atomic mass is 16.8. The lowest BCUT2D eigenvalue weighted by molar-refractivity contribution is -0.160.